The van der Waals surface area contributed by atoms with Crippen LogP contribution in [0.3, 0.4) is 0 Å². The van der Waals surface area contributed by atoms with Crippen molar-refractivity contribution in [2.75, 3.05) is 13.1 Å². The van der Waals surface area contributed by atoms with Gasteiger partial charge in [0.25, 0.3) is 0 Å². The predicted molar refractivity (Wildman–Crippen MR) is 53.8 cm³/mol. The molecule has 0 aromatic heterocycles. The number of nitrogens with two attached hydrogens (primary N) is 2. The molecule has 0 saturated heterocycles. The molecular weight excluding hydrogens is 182 g/mol. The van der Waals surface area contributed by atoms with Crippen molar-refractivity contribution in [2.45, 2.75) is 37.8 Å². The first-order valence-corrected chi connectivity index (χ1v) is 5.12. The second-order valence-electron chi connectivity index (χ2n) is 3.65. The molecule has 5 heteroatoms. The molecule has 0 radical (unpaired) electrons. The first kappa shape index (κ1) is 11.3. The molecule has 1 amide bonds. The number of rotatable bonds is 4. The largest absolute Gasteiger partial charge is 0.446 e. The van der Waals surface area contributed by atoms with Gasteiger partial charge in [-0.3, -0.25) is 0 Å². The highest BCUT2D eigenvalue weighted by molar-refractivity contribution is 5.64. The average molecular weight is 201 g/mol. The van der Waals surface area contributed by atoms with E-state index in [-0.39, 0.29) is 6.10 Å². The summed E-state index contributed by atoms with van der Waals surface area (Å²) >= 11 is 0. The number of ether oxygens (including phenoxy) is 1. The Hall–Kier alpha value is -0.810. The van der Waals surface area contributed by atoms with Crippen molar-refractivity contribution in [1.29, 1.82) is 0 Å². The first-order chi connectivity index (χ1) is 6.72. The summed E-state index contributed by atoms with van der Waals surface area (Å²) in [6.45, 7) is 1.52. The third-order valence-electron chi connectivity index (χ3n) is 2.53. The fourth-order valence-corrected chi connectivity index (χ4v) is 1.84. The molecule has 0 bridgehead atoms. The summed E-state index contributed by atoms with van der Waals surface area (Å²) in [5.74, 6) is 0. The summed E-state index contributed by atoms with van der Waals surface area (Å²) in [5, 5.41) is 3.35. The van der Waals surface area contributed by atoms with Crippen LogP contribution in [0.2, 0.25) is 0 Å². The molecule has 0 aromatic carbocycles. The van der Waals surface area contributed by atoms with Crippen LogP contribution in [0.15, 0.2) is 0 Å². The molecule has 1 saturated carbocycles. The lowest BCUT2D eigenvalue weighted by molar-refractivity contribution is 0.0760. The van der Waals surface area contributed by atoms with E-state index in [9.17, 15) is 4.79 Å². The van der Waals surface area contributed by atoms with Gasteiger partial charge in [0.1, 0.15) is 6.10 Å². The summed E-state index contributed by atoms with van der Waals surface area (Å²) in [6.07, 6.45) is 3.19. The van der Waals surface area contributed by atoms with E-state index in [2.05, 4.69) is 5.32 Å². The van der Waals surface area contributed by atoms with Gasteiger partial charge in [-0.1, -0.05) is 0 Å². The van der Waals surface area contributed by atoms with Crippen molar-refractivity contribution >= 4 is 6.09 Å². The number of carbonyl (C=O) groups excluding carboxylic acids is 1. The van der Waals surface area contributed by atoms with Crippen LogP contribution in [0.4, 0.5) is 4.79 Å². The summed E-state index contributed by atoms with van der Waals surface area (Å²) in [5.41, 5.74) is 10.3. The predicted octanol–water partition coefficient (Wildman–Crippen LogP) is -0.0588. The maximum atomic E-state index is 10.5. The van der Waals surface area contributed by atoms with Crippen LogP contribution in [0.1, 0.15) is 25.7 Å². The zero-order chi connectivity index (χ0) is 10.4. The minimum absolute atomic E-state index is 0.0171. The van der Waals surface area contributed by atoms with E-state index in [1.165, 1.54) is 0 Å². The molecule has 1 aliphatic rings. The molecule has 0 unspecified atom stereocenters. The van der Waals surface area contributed by atoms with E-state index in [1.807, 2.05) is 0 Å². The van der Waals surface area contributed by atoms with Gasteiger partial charge in [-0.15, -0.1) is 0 Å². The van der Waals surface area contributed by atoms with Gasteiger partial charge in [0.2, 0.25) is 0 Å². The monoisotopic (exact) mass is 201 g/mol. The van der Waals surface area contributed by atoms with Gasteiger partial charge < -0.3 is 21.5 Å². The van der Waals surface area contributed by atoms with Crippen LogP contribution in [-0.4, -0.2) is 31.3 Å². The SMILES string of the molecule is NCCN[C@H]1CC[C@H](OC(N)=O)CC1. The molecule has 0 heterocycles. The number of hydrogen-bond acceptors (Lipinski definition) is 4. The van der Waals surface area contributed by atoms with Crippen molar-refractivity contribution in [1.82, 2.24) is 5.32 Å². The van der Waals surface area contributed by atoms with E-state index in [0.29, 0.717) is 12.6 Å². The Morgan fingerprint density at radius 1 is 1.36 bits per heavy atom. The van der Waals surface area contributed by atoms with Gasteiger partial charge in [0, 0.05) is 19.1 Å². The topological polar surface area (TPSA) is 90.4 Å². The van der Waals surface area contributed by atoms with Crippen molar-refractivity contribution < 1.29 is 9.53 Å². The lowest BCUT2D eigenvalue weighted by atomic mass is 9.93. The molecule has 1 aliphatic carbocycles. The van der Waals surface area contributed by atoms with E-state index in [1.54, 1.807) is 0 Å². The molecule has 1 fully saturated rings. The molecular formula is C9H19N3O2. The van der Waals surface area contributed by atoms with Crippen LogP contribution < -0.4 is 16.8 Å². The number of hydrogen-bond donors (Lipinski definition) is 3. The van der Waals surface area contributed by atoms with Gasteiger partial charge in [-0.05, 0) is 25.7 Å². The Bertz CT molecular complexity index is 179. The molecule has 0 spiro atoms. The fourth-order valence-electron chi connectivity index (χ4n) is 1.84. The van der Waals surface area contributed by atoms with E-state index in [0.717, 1.165) is 32.2 Å². The molecule has 1 rings (SSSR count). The zero-order valence-corrected chi connectivity index (χ0v) is 8.37. The summed E-state index contributed by atoms with van der Waals surface area (Å²) < 4.78 is 4.93. The quantitative estimate of drug-likeness (QED) is 0.594. The highest BCUT2D eigenvalue weighted by atomic mass is 16.6. The van der Waals surface area contributed by atoms with Crippen LogP contribution >= 0.6 is 0 Å². The van der Waals surface area contributed by atoms with Crippen molar-refractivity contribution in [3.8, 4) is 0 Å². The number of amides is 1. The Morgan fingerprint density at radius 2 is 2.00 bits per heavy atom. The van der Waals surface area contributed by atoms with Crippen LogP contribution in [-0.2, 0) is 4.74 Å². The summed E-state index contributed by atoms with van der Waals surface area (Å²) in [6, 6.07) is 0.520. The summed E-state index contributed by atoms with van der Waals surface area (Å²) in [4.78, 5) is 10.5. The van der Waals surface area contributed by atoms with Gasteiger partial charge in [-0.2, -0.15) is 0 Å². The highest BCUT2D eigenvalue weighted by Crippen LogP contribution is 2.20. The van der Waals surface area contributed by atoms with Gasteiger partial charge in [0.15, 0.2) is 0 Å². The third kappa shape index (κ3) is 3.93. The maximum absolute atomic E-state index is 10.5. The molecule has 5 N–H and O–H groups in total. The Balaban J connectivity index is 2.14. The van der Waals surface area contributed by atoms with Gasteiger partial charge in [0.05, 0.1) is 0 Å². The molecule has 0 aromatic rings. The number of nitrogens with one attached hydrogen (secondary N) is 1. The van der Waals surface area contributed by atoms with E-state index >= 15 is 0 Å². The van der Waals surface area contributed by atoms with Crippen molar-refractivity contribution in [2.24, 2.45) is 11.5 Å². The second-order valence-corrected chi connectivity index (χ2v) is 3.65. The third-order valence-corrected chi connectivity index (χ3v) is 2.53. The lowest BCUT2D eigenvalue weighted by Crippen LogP contribution is -2.38. The second kappa shape index (κ2) is 5.82. The Kier molecular flexibility index (Phi) is 4.69. The van der Waals surface area contributed by atoms with E-state index < -0.39 is 6.09 Å². The van der Waals surface area contributed by atoms with Crippen molar-refractivity contribution in [3.63, 3.8) is 0 Å². The highest BCUT2D eigenvalue weighted by Gasteiger charge is 2.22. The Labute approximate surface area is 84.2 Å². The maximum Gasteiger partial charge on any atom is 0.404 e. The van der Waals surface area contributed by atoms with Crippen molar-refractivity contribution in [3.05, 3.63) is 0 Å². The molecule has 82 valence electrons. The normalized spacial score (nSPS) is 27.2. The van der Waals surface area contributed by atoms with Crippen LogP contribution in [0.5, 0.6) is 0 Å². The number of carbonyl (C=O) groups is 1. The molecule has 0 atom stereocenters. The standard InChI is InChI=1S/C9H19N3O2/c10-5-6-12-7-1-3-8(4-2-7)14-9(11)13/h7-8,12H,1-6,10H2,(H2,11,13)/t7-,8-. The minimum atomic E-state index is -0.664. The lowest BCUT2D eigenvalue weighted by Gasteiger charge is -2.28. The van der Waals surface area contributed by atoms with E-state index in [4.69, 9.17) is 16.2 Å². The van der Waals surface area contributed by atoms with Crippen LogP contribution in [0.25, 0.3) is 0 Å². The number of primary amides is 1. The average Bonchev–Trinajstić information content (AvgIpc) is 2.16. The zero-order valence-electron chi connectivity index (χ0n) is 8.37. The molecule has 14 heavy (non-hydrogen) atoms. The van der Waals surface area contributed by atoms with Gasteiger partial charge in [-0.25, -0.2) is 4.79 Å². The Morgan fingerprint density at radius 3 is 2.50 bits per heavy atom. The first-order valence-electron chi connectivity index (χ1n) is 5.12. The summed E-state index contributed by atoms with van der Waals surface area (Å²) in [7, 11) is 0. The molecule has 0 aliphatic heterocycles. The smallest absolute Gasteiger partial charge is 0.404 e. The van der Waals surface area contributed by atoms with Crippen LogP contribution in [0, 0.1) is 0 Å². The fraction of sp³-hybridized carbons (Fsp3) is 0.889. The van der Waals surface area contributed by atoms with Gasteiger partial charge >= 0.3 is 6.09 Å². The molecule has 5 nitrogen and oxygen atoms in total. The minimum Gasteiger partial charge on any atom is -0.446 e.